The summed E-state index contributed by atoms with van der Waals surface area (Å²) in [5, 5.41) is 12.1. The van der Waals surface area contributed by atoms with Crippen molar-refractivity contribution in [2.75, 3.05) is 18.0 Å². The van der Waals surface area contributed by atoms with E-state index in [1.807, 2.05) is 6.07 Å². The molecule has 1 saturated heterocycles. The van der Waals surface area contributed by atoms with Crippen LogP contribution in [0.2, 0.25) is 0 Å². The van der Waals surface area contributed by atoms with Crippen LogP contribution in [0.1, 0.15) is 50.0 Å². The average molecular weight is 438 g/mol. The number of hydrogen-bond donors (Lipinski definition) is 0. The molecule has 166 valence electrons. The first kappa shape index (κ1) is 21.3. The highest BCUT2D eigenvalue weighted by molar-refractivity contribution is 5.30. The van der Waals surface area contributed by atoms with Crippen LogP contribution in [-0.4, -0.2) is 51.5 Å². The molecule has 1 aliphatic carbocycles. The summed E-state index contributed by atoms with van der Waals surface area (Å²) in [5.74, 6) is -1.00. The number of anilines is 1. The van der Waals surface area contributed by atoms with Crippen molar-refractivity contribution in [1.29, 1.82) is 5.26 Å². The van der Waals surface area contributed by atoms with E-state index in [1.54, 1.807) is 4.90 Å². The molecular weight excluding hydrogens is 417 g/mol. The molecule has 0 atom stereocenters. The van der Waals surface area contributed by atoms with E-state index in [-0.39, 0.29) is 35.9 Å². The molecule has 0 unspecified atom stereocenters. The number of piperidine rings is 1. The summed E-state index contributed by atoms with van der Waals surface area (Å²) in [6.07, 6.45) is 3.00. The zero-order chi connectivity index (χ0) is 21.8. The molecule has 31 heavy (non-hydrogen) atoms. The number of nitrogens with zero attached hydrogens (tertiary/aromatic N) is 6. The predicted octanol–water partition coefficient (Wildman–Crippen LogP) is 3.13. The lowest BCUT2D eigenvalue weighted by Gasteiger charge is -2.35. The first-order valence-electron chi connectivity index (χ1n) is 10.1. The van der Waals surface area contributed by atoms with E-state index in [0.29, 0.717) is 25.9 Å². The Labute approximate surface area is 176 Å². The predicted molar refractivity (Wildman–Crippen MR) is 99.0 cm³/mol. The van der Waals surface area contributed by atoms with E-state index in [1.165, 1.54) is 12.4 Å². The summed E-state index contributed by atoms with van der Waals surface area (Å²) in [6.45, 7) is 0.985. The van der Waals surface area contributed by atoms with Gasteiger partial charge in [0.2, 0.25) is 5.69 Å². The van der Waals surface area contributed by atoms with Crippen LogP contribution in [0.5, 0.6) is 5.88 Å². The van der Waals surface area contributed by atoms with Gasteiger partial charge < -0.3 is 18.9 Å². The van der Waals surface area contributed by atoms with Crippen LogP contribution in [0.4, 0.5) is 19.2 Å². The number of nitriles is 1. The fourth-order valence-electron chi connectivity index (χ4n) is 3.85. The first-order chi connectivity index (χ1) is 14.9. The van der Waals surface area contributed by atoms with Gasteiger partial charge in [-0.1, -0.05) is 0 Å². The molecule has 0 amide bonds. The average Bonchev–Trinajstić information content (AvgIpc) is 3.27. The second-order valence-corrected chi connectivity index (χ2v) is 7.56. The Balaban J connectivity index is 1.21. The van der Waals surface area contributed by atoms with Crippen molar-refractivity contribution in [3.63, 3.8) is 0 Å². The van der Waals surface area contributed by atoms with E-state index in [2.05, 4.69) is 20.1 Å². The van der Waals surface area contributed by atoms with Gasteiger partial charge in [0.05, 0.1) is 12.2 Å². The van der Waals surface area contributed by atoms with Crippen molar-refractivity contribution in [3.05, 3.63) is 23.9 Å². The summed E-state index contributed by atoms with van der Waals surface area (Å²) < 4.78 is 54.7. The first-order valence-corrected chi connectivity index (χ1v) is 10.1. The Morgan fingerprint density at radius 2 is 1.65 bits per heavy atom. The van der Waals surface area contributed by atoms with Gasteiger partial charge in [-0.05, 0) is 43.7 Å². The van der Waals surface area contributed by atoms with Gasteiger partial charge in [0.25, 0.3) is 11.7 Å². The van der Waals surface area contributed by atoms with E-state index in [9.17, 15) is 13.2 Å². The molecular formula is C19H21F3N6O3. The highest BCUT2D eigenvalue weighted by Crippen LogP contribution is 2.31. The standard InChI is InChI=1S/C19H21F3N6O3/c20-19(21,22)17-26-18(31-27-17)28-9-5-14(6-10-28)29-12-1-3-13(4-2-12)30-16-15(11-23)24-7-8-25-16/h7-8,12-14H,1-6,9-10H2. The van der Waals surface area contributed by atoms with Gasteiger partial charge in [0.15, 0.2) is 0 Å². The van der Waals surface area contributed by atoms with E-state index in [4.69, 9.17) is 19.3 Å². The Morgan fingerprint density at radius 3 is 2.29 bits per heavy atom. The molecule has 0 spiro atoms. The Morgan fingerprint density at radius 1 is 1.00 bits per heavy atom. The van der Waals surface area contributed by atoms with Crippen molar-refractivity contribution in [1.82, 2.24) is 20.1 Å². The minimum absolute atomic E-state index is 0.0360. The van der Waals surface area contributed by atoms with Gasteiger partial charge >= 0.3 is 12.2 Å². The fourth-order valence-corrected chi connectivity index (χ4v) is 3.85. The van der Waals surface area contributed by atoms with Crippen molar-refractivity contribution in [2.45, 2.75) is 63.0 Å². The van der Waals surface area contributed by atoms with Crippen LogP contribution in [0.25, 0.3) is 0 Å². The molecule has 0 bridgehead atoms. The molecule has 0 N–H and O–H groups in total. The largest absolute Gasteiger partial charge is 0.472 e. The van der Waals surface area contributed by atoms with Crippen molar-refractivity contribution >= 4 is 6.01 Å². The Kier molecular flexibility index (Phi) is 6.22. The van der Waals surface area contributed by atoms with Gasteiger partial charge in [0, 0.05) is 25.5 Å². The molecule has 12 heteroatoms. The van der Waals surface area contributed by atoms with Crippen LogP contribution < -0.4 is 9.64 Å². The van der Waals surface area contributed by atoms with Crippen LogP contribution in [0.15, 0.2) is 16.9 Å². The zero-order valence-electron chi connectivity index (χ0n) is 16.6. The zero-order valence-corrected chi connectivity index (χ0v) is 16.6. The highest BCUT2D eigenvalue weighted by Gasteiger charge is 2.38. The normalized spacial score (nSPS) is 22.8. The molecule has 3 heterocycles. The van der Waals surface area contributed by atoms with E-state index in [0.717, 1.165) is 25.7 Å². The van der Waals surface area contributed by atoms with Gasteiger partial charge in [-0.2, -0.15) is 23.4 Å². The number of rotatable bonds is 5. The molecule has 0 radical (unpaired) electrons. The van der Waals surface area contributed by atoms with Gasteiger partial charge in [-0.3, -0.25) is 0 Å². The number of alkyl halides is 3. The third-order valence-electron chi connectivity index (χ3n) is 5.44. The maximum atomic E-state index is 12.6. The molecule has 4 rings (SSSR count). The minimum atomic E-state index is -4.62. The van der Waals surface area contributed by atoms with Crippen LogP contribution in [0.3, 0.4) is 0 Å². The molecule has 0 aromatic carbocycles. The number of hydrogen-bond acceptors (Lipinski definition) is 9. The molecule has 2 aromatic heterocycles. The maximum Gasteiger partial charge on any atom is 0.455 e. The second-order valence-electron chi connectivity index (χ2n) is 7.56. The van der Waals surface area contributed by atoms with E-state index < -0.39 is 12.0 Å². The summed E-state index contributed by atoms with van der Waals surface area (Å²) in [7, 11) is 0. The van der Waals surface area contributed by atoms with Crippen molar-refractivity contribution < 1.29 is 27.2 Å². The third-order valence-corrected chi connectivity index (χ3v) is 5.44. The van der Waals surface area contributed by atoms with Crippen molar-refractivity contribution in [3.8, 4) is 11.9 Å². The lowest BCUT2D eigenvalue weighted by molar-refractivity contribution is -0.146. The summed E-state index contributed by atoms with van der Waals surface area (Å²) in [6, 6.07) is 1.87. The maximum absolute atomic E-state index is 12.6. The summed E-state index contributed by atoms with van der Waals surface area (Å²) in [5.41, 5.74) is 0.177. The van der Waals surface area contributed by atoms with Gasteiger partial charge in [-0.25, -0.2) is 9.97 Å². The lowest BCUT2D eigenvalue weighted by atomic mass is 9.94. The molecule has 1 aliphatic heterocycles. The lowest BCUT2D eigenvalue weighted by Crippen LogP contribution is -2.40. The number of aromatic nitrogens is 4. The monoisotopic (exact) mass is 438 g/mol. The topological polar surface area (TPSA) is 110 Å². The van der Waals surface area contributed by atoms with Gasteiger partial charge in [0.1, 0.15) is 12.2 Å². The second kappa shape index (κ2) is 9.05. The molecule has 2 aromatic rings. The quantitative estimate of drug-likeness (QED) is 0.695. The summed E-state index contributed by atoms with van der Waals surface area (Å²) >= 11 is 0. The molecule has 2 fully saturated rings. The Bertz CT molecular complexity index is 915. The minimum Gasteiger partial charge on any atom is -0.472 e. The highest BCUT2D eigenvalue weighted by atomic mass is 19.4. The smallest absolute Gasteiger partial charge is 0.455 e. The van der Waals surface area contributed by atoms with Crippen molar-refractivity contribution in [2.24, 2.45) is 0 Å². The Hall–Kier alpha value is -2.94. The van der Waals surface area contributed by atoms with Crippen LogP contribution >= 0.6 is 0 Å². The molecule has 2 aliphatic rings. The number of ether oxygens (including phenoxy) is 2. The van der Waals surface area contributed by atoms with Crippen LogP contribution in [0, 0.1) is 11.3 Å². The SMILES string of the molecule is N#Cc1nccnc1OC1CCC(OC2CCN(c3nc(C(F)(F)F)no3)CC2)CC1. The van der Waals surface area contributed by atoms with E-state index >= 15 is 0 Å². The molecule has 9 nitrogen and oxygen atoms in total. The third kappa shape index (κ3) is 5.22. The summed E-state index contributed by atoms with van der Waals surface area (Å²) in [4.78, 5) is 13.1. The molecule has 1 saturated carbocycles. The van der Waals surface area contributed by atoms with Crippen LogP contribution in [-0.2, 0) is 10.9 Å². The van der Waals surface area contributed by atoms with Gasteiger partial charge in [-0.15, -0.1) is 0 Å². The number of halogens is 3. The fraction of sp³-hybridized carbons (Fsp3) is 0.632.